The monoisotopic (exact) mass is 169 g/mol. The van der Waals surface area contributed by atoms with E-state index in [0.717, 1.165) is 25.9 Å². The minimum Gasteiger partial charge on any atom is -0.469 e. The van der Waals surface area contributed by atoms with Crippen molar-refractivity contribution in [2.24, 2.45) is 17.8 Å². The molecule has 3 nitrogen and oxygen atoms in total. The lowest BCUT2D eigenvalue weighted by Gasteiger charge is -2.01. The van der Waals surface area contributed by atoms with Gasteiger partial charge in [-0.15, -0.1) is 0 Å². The summed E-state index contributed by atoms with van der Waals surface area (Å²) in [5.74, 6) is 1.48. The van der Waals surface area contributed by atoms with Crippen LogP contribution in [0.5, 0.6) is 0 Å². The highest BCUT2D eigenvalue weighted by molar-refractivity contribution is 5.76. The van der Waals surface area contributed by atoms with Gasteiger partial charge in [-0.3, -0.25) is 4.79 Å². The highest BCUT2D eigenvalue weighted by Gasteiger charge is 2.54. The lowest BCUT2D eigenvalue weighted by Crippen LogP contribution is -2.17. The van der Waals surface area contributed by atoms with E-state index in [0.29, 0.717) is 11.8 Å². The summed E-state index contributed by atoms with van der Waals surface area (Å²) in [4.78, 5) is 11.2. The average Bonchev–Trinajstić information content (AvgIpc) is 2.76. The molecule has 2 aliphatic rings. The van der Waals surface area contributed by atoms with Gasteiger partial charge in [0, 0.05) is 0 Å². The SMILES string of the molecule is COC(=O)C1C2CCNCCC21. The fourth-order valence-corrected chi connectivity index (χ4v) is 2.38. The number of nitrogens with one attached hydrogen (secondary N) is 1. The van der Waals surface area contributed by atoms with E-state index in [4.69, 9.17) is 4.74 Å². The molecule has 12 heavy (non-hydrogen) atoms. The zero-order valence-corrected chi connectivity index (χ0v) is 7.38. The molecule has 0 bridgehead atoms. The minimum absolute atomic E-state index is 0.00639. The molecule has 68 valence electrons. The van der Waals surface area contributed by atoms with E-state index in [1.165, 1.54) is 7.11 Å². The van der Waals surface area contributed by atoms with Crippen LogP contribution in [0.3, 0.4) is 0 Å². The number of carbonyl (C=O) groups is 1. The van der Waals surface area contributed by atoms with Crippen LogP contribution < -0.4 is 5.32 Å². The fraction of sp³-hybridized carbons (Fsp3) is 0.889. The predicted molar refractivity (Wildman–Crippen MR) is 44.6 cm³/mol. The third kappa shape index (κ3) is 1.22. The van der Waals surface area contributed by atoms with Crippen molar-refractivity contribution < 1.29 is 9.53 Å². The van der Waals surface area contributed by atoms with Crippen molar-refractivity contribution in [3.05, 3.63) is 0 Å². The lowest BCUT2D eigenvalue weighted by molar-refractivity contribution is -0.142. The second-order valence-corrected chi connectivity index (χ2v) is 3.70. The van der Waals surface area contributed by atoms with Crippen molar-refractivity contribution in [2.75, 3.05) is 20.2 Å². The Bertz CT molecular complexity index is 181. The molecule has 0 amide bonds. The van der Waals surface area contributed by atoms with E-state index in [-0.39, 0.29) is 11.9 Å². The van der Waals surface area contributed by atoms with Gasteiger partial charge in [0.1, 0.15) is 0 Å². The molecule has 0 aromatic rings. The van der Waals surface area contributed by atoms with Crippen LogP contribution in [0.25, 0.3) is 0 Å². The molecule has 1 aliphatic carbocycles. The standard InChI is InChI=1S/C9H15NO2/c1-12-9(11)8-6-2-4-10-5-3-7(6)8/h6-8,10H,2-5H2,1H3. The number of hydrogen-bond acceptors (Lipinski definition) is 3. The number of fused-ring (bicyclic) bond motifs is 1. The summed E-state index contributed by atoms with van der Waals surface area (Å²) in [6.07, 6.45) is 2.29. The van der Waals surface area contributed by atoms with Gasteiger partial charge >= 0.3 is 5.97 Å². The zero-order valence-electron chi connectivity index (χ0n) is 7.38. The van der Waals surface area contributed by atoms with Crippen molar-refractivity contribution in [2.45, 2.75) is 12.8 Å². The quantitative estimate of drug-likeness (QED) is 0.578. The maximum Gasteiger partial charge on any atom is 0.309 e. The molecule has 0 aromatic carbocycles. The zero-order chi connectivity index (χ0) is 8.55. The predicted octanol–water partition coefficient (Wildman–Crippen LogP) is 0.405. The van der Waals surface area contributed by atoms with E-state index in [1.807, 2.05) is 0 Å². The molecule has 1 heterocycles. The molecule has 1 saturated heterocycles. The van der Waals surface area contributed by atoms with E-state index >= 15 is 0 Å². The van der Waals surface area contributed by atoms with E-state index in [2.05, 4.69) is 5.32 Å². The van der Waals surface area contributed by atoms with Crippen LogP contribution in [0, 0.1) is 17.8 Å². The van der Waals surface area contributed by atoms with Gasteiger partial charge in [-0.1, -0.05) is 0 Å². The molecule has 1 aliphatic heterocycles. The van der Waals surface area contributed by atoms with Crippen LogP contribution in [0.2, 0.25) is 0 Å². The second-order valence-electron chi connectivity index (χ2n) is 3.70. The fourth-order valence-electron chi connectivity index (χ4n) is 2.38. The van der Waals surface area contributed by atoms with Gasteiger partial charge in [-0.2, -0.15) is 0 Å². The van der Waals surface area contributed by atoms with Gasteiger partial charge in [-0.25, -0.2) is 0 Å². The van der Waals surface area contributed by atoms with Crippen molar-refractivity contribution in [3.63, 3.8) is 0 Å². The molecule has 1 saturated carbocycles. The maximum absolute atomic E-state index is 11.2. The van der Waals surface area contributed by atoms with E-state index < -0.39 is 0 Å². The Morgan fingerprint density at radius 1 is 1.33 bits per heavy atom. The number of hydrogen-bond donors (Lipinski definition) is 1. The summed E-state index contributed by atoms with van der Waals surface area (Å²) in [6, 6.07) is 0. The van der Waals surface area contributed by atoms with Gasteiger partial charge in [-0.05, 0) is 37.8 Å². The first-order valence-electron chi connectivity index (χ1n) is 4.63. The third-order valence-corrected chi connectivity index (χ3v) is 3.11. The highest BCUT2D eigenvalue weighted by atomic mass is 16.5. The van der Waals surface area contributed by atoms with Crippen LogP contribution in [-0.2, 0) is 9.53 Å². The van der Waals surface area contributed by atoms with Crippen LogP contribution in [0.15, 0.2) is 0 Å². The first kappa shape index (κ1) is 8.05. The van der Waals surface area contributed by atoms with Gasteiger partial charge in [0.25, 0.3) is 0 Å². The van der Waals surface area contributed by atoms with Crippen LogP contribution in [0.1, 0.15) is 12.8 Å². The molecule has 0 aromatic heterocycles. The number of methoxy groups -OCH3 is 1. The van der Waals surface area contributed by atoms with Crippen LogP contribution in [0.4, 0.5) is 0 Å². The summed E-state index contributed by atoms with van der Waals surface area (Å²) < 4.78 is 4.75. The first-order valence-corrected chi connectivity index (χ1v) is 4.63. The molecule has 1 N–H and O–H groups in total. The van der Waals surface area contributed by atoms with Gasteiger partial charge in [0.2, 0.25) is 0 Å². The summed E-state index contributed by atoms with van der Waals surface area (Å²) in [7, 11) is 1.48. The summed E-state index contributed by atoms with van der Waals surface area (Å²) in [6.45, 7) is 2.13. The summed E-state index contributed by atoms with van der Waals surface area (Å²) in [5, 5.41) is 3.33. The Morgan fingerprint density at radius 2 is 1.92 bits per heavy atom. The molecule has 0 spiro atoms. The second kappa shape index (κ2) is 3.05. The molecule has 3 heteroatoms. The first-order chi connectivity index (χ1) is 5.84. The molecular formula is C9H15NO2. The number of esters is 1. The minimum atomic E-state index is 0.00639. The summed E-state index contributed by atoms with van der Waals surface area (Å²) >= 11 is 0. The number of rotatable bonds is 1. The summed E-state index contributed by atoms with van der Waals surface area (Å²) in [5.41, 5.74) is 0. The Hall–Kier alpha value is -0.570. The molecule has 2 fully saturated rings. The molecular weight excluding hydrogens is 154 g/mol. The normalized spacial score (nSPS) is 39.6. The van der Waals surface area contributed by atoms with Crippen LogP contribution in [-0.4, -0.2) is 26.2 Å². The maximum atomic E-state index is 11.2. The number of ether oxygens (including phenoxy) is 1. The smallest absolute Gasteiger partial charge is 0.309 e. The van der Waals surface area contributed by atoms with Gasteiger partial charge in [0.15, 0.2) is 0 Å². The Kier molecular flexibility index (Phi) is 2.05. The van der Waals surface area contributed by atoms with E-state index in [1.54, 1.807) is 0 Å². The molecule has 2 unspecified atom stereocenters. The Balaban J connectivity index is 1.93. The molecule has 2 atom stereocenters. The van der Waals surface area contributed by atoms with E-state index in [9.17, 15) is 4.79 Å². The van der Waals surface area contributed by atoms with Crippen LogP contribution >= 0.6 is 0 Å². The number of carbonyl (C=O) groups excluding carboxylic acids is 1. The average molecular weight is 169 g/mol. The Labute approximate surface area is 72.5 Å². The van der Waals surface area contributed by atoms with Crippen molar-refractivity contribution in [1.29, 1.82) is 0 Å². The van der Waals surface area contributed by atoms with Crippen molar-refractivity contribution in [3.8, 4) is 0 Å². The third-order valence-electron chi connectivity index (χ3n) is 3.11. The topological polar surface area (TPSA) is 38.3 Å². The molecule has 2 rings (SSSR count). The van der Waals surface area contributed by atoms with Crippen molar-refractivity contribution in [1.82, 2.24) is 5.32 Å². The highest BCUT2D eigenvalue weighted by Crippen LogP contribution is 2.51. The molecule has 0 radical (unpaired) electrons. The van der Waals surface area contributed by atoms with Gasteiger partial charge < -0.3 is 10.1 Å². The van der Waals surface area contributed by atoms with Crippen molar-refractivity contribution >= 4 is 5.97 Å². The lowest BCUT2D eigenvalue weighted by atomic mass is 10.2. The largest absolute Gasteiger partial charge is 0.469 e. The van der Waals surface area contributed by atoms with Gasteiger partial charge in [0.05, 0.1) is 13.0 Å². The Morgan fingerprint density at radius 3 is 2.42 bits per heavy atom.